The molecule has 0 amide bonds. The number of carbonyl (C=O) groups excluding carboxylic acids is 2. The lowest BCUT2D eigenvalue weighted by atomic mass is 10.0. The van der Waals surface area contributed by atoms with E-state index in [0.717, 1.165) is 11.1 Å². The zero-order valence-corrected chi connectivity index (χ0v) is 10.3. The minimum atomic E-state index is -0.818. The van der Waals surface area contributed by atoms with Crippen molar-refractivity contribution < 1.29 is 19.1 Å². The lowest BCUT2D eigenvalue weighted by Crippen LogP contribution is -2.17. The van der Waals surface area contributed by atoms with E-state index >= 15 is 0 Å². The zero-order valence-electron chi connectivity index (χ0n) is 10.3. The maximum absolute atomic E-state index is 11.7. The minimum absolute atomic E-state index is 0.196. The summed E-state index contributed by atoms with van der Waals surface area (Å²) in [5.41, 5.74) is 2.11. The van der Waals surface area contributed by atoms with Gasteiger partial charge in [0.25, 0.3) is 5.78 Å². The predicted molar refractivity (Wildman–Crippen MR) is 62.9 cm³/mol. The van der Waals surface area contributed by atoms with Crippen LogP contribution in [0.25, 0.3) is 0 Å². The summed E-state index contributed by atoms with van der Waals surface area (Å²) in [6, 6.07) is 5.22. The average molecular weight is 236 g/mol. The number of benzene rings is 1. The Bertz CT molecular complexity index is 423. The van der Waals surface area contributed by atoms with Crippen LogP contribution in [0.5, 0.6) is 0 Å². The van der Waals surface area contributed by atoms with Crippen LogP contribution in [-0.2, 0) is 20.9 Å². The van der Waals surface area contributed by atoms with Crippen LogP contribution in [0.1, 0.15) is 28.4 Å². The van der Waals surface area contributed by atoms with E-state index < -0.39 is 11.8 Å². The summed E-state index contributed by atoms with van der Waals surface area (Å²) in [7, 11) is 1.58. The van der Waals surface area contributed by atoms with E-state index in [9.17, 15) is 9.59 Å². The molecule has 0 unspecified atom stereocenters. The molecular weight excluding hydrogens is 220 g/mol. The number of esters is 1. The summed E-state index contributed by atoms with van der Waals surface area (Å²) in [5.74, 6) is -1.44. The highest BCUT2D eigenvalue weighted by Gasteiger charge is 2.18. The molecule has 0 spiro atoms. The number of hydrogen-bond acceptors (Lipinski definition) is 4. The molecule has 0 aliphatic heterocycles. The van der Waals surface area contributed by atoms with Gasteiger partial charge in [-0.2, -0.15) is 0 Å². The van der Waals surface area contributed by atoms with Crippen molar-refractivity contribution in [1.82, 2.24) is 0 Å². The largest absolute Gasteiger partial charge is 0.460 e. The molecule has 4 nitrogen and oxygen atoms in total. The molecule has 0 saturated carbocycles. The molecule has 4 heteroatoms. The van der Waals surface area contributed by atoms with Crippen LogP contribution >= 0.6 is 0 Å². The summed E-state index contributed by atoms with van der Waals surface area (Å²) in [6.07, 6.45) is 0. The Labute approximate surface area is 101 Å². The second-order valence-corrected chi connectivity index (χ2v) is 3.69. The molecule has 1 rings (SSSR count). The number of ketones is 1. The molecule has 17 heavy (non-hydrogen) atoms. The van der Waals surface area contributed by atoms with Gasteiger partial charge in [0.1, 0.15) is 0 Å². The number of methoxy groups -OCH3 is 1. The Morgan fingerprint density at radius 1 is 1.24 bits per heavy atom. The third kappa shape index (κ3) is 3.67. The fourth-order valence-electron chi connectivity index (χ4n) is 1.56. The zero-order chi connectivity index (χ0) is 12.8. The highest BCUT2D eigenvalue weighted by atomic mass is 16.5. The molecule has 0 fully saturated rings. The molecular formula is C13H16O4. The molecule has 0 aliphatic rings. The third-order valence-electron chi connectivity index (χ3n) is 2.17. The number of rotatable bonds is 5. The number of aryl methyl sites for hydroxylation is 1. The predicted octanol–water partition coefficient (Wildman–Crippen LogP) is 1.89. The molecule has 92 valence electrons. The summed E-state index contributed by atoms with van der Waals surface area (Å²) in [5, 5.41) is 0. The molecule has 0 aromatic heterocycles. The SMILES string of the molecule is CCOC(=O)C(=O)c1cc(C)cc(COC)c1. The molecule has 0 saturated heterocycles. The number of Topliss-reactive ketones (excluding diaryl/α,β-unsaturated/α-hetero) is 1. The van der Waals surface area contributed by atoms with Crippen LogP contribution in [0, 0.1) is 6.92 Å². The lowest BCUT2D eigenvalue weighted by Gasteiger charge is -2.06. The van der Waals surface area contributed by atoms with Gasteiger partial charge in [0, 0.05) is 12.7 Å². The Kier molecular flexibility index (Phi) is 4.84. The van der Waals surface area contributed by atoms with Gasteiger partial charge in [0.15, 0.2) is 0 Å². The van der Waals surface area contributed by atoms with Crippen molar-refractivity contribution in [2.24, 2.45) is 0 Å². The monoisotopic (exact) mass is 236 g/mol. The van der Waals surface area contributed by atoms with Gasteiger partial charge in [-0.15, -0.1) is 0 Å². The van der Waals surface area contributed by atoms with E-state index in [1.807, 2.05) is 13.0 Å². The first-order chi connectivity index (χ1) is 8.08. The Morgan fingerprint density at radius 3 is 2.53 bits per heavy atom. The summed E-state index contributed by atoms with van der Waals surface area (Å²) < 4.78 is 9.68. The molecule has 0 aliphatic carbocycles. The van der Waals surface area contributed by atoms with Crippen LogP contribution in [0.4, 0.5) is 0 Å². The maximum Gasteiger partial charge on any atom is 0.379 e. The van der Waals surface area contributed by atoms with Crippen molar-refractivity contribution in [3.63, 3.8) is 0 Å². The molecule has 1 aromatic rings. The highest BCUT2D eigenvalue weighted by Crippen LogP contribution is 2.12. The summed E-state index contributed by atoms with van der Waals surface area (Å²) >= 11 is 0. The number of carbonyl (C=O) groups is 2. The second kappa shape index (κ2) is 6.15. The molecule has 0 bridgehead atoms. The van der Waals surface area contributed by atoms with Gasteiger partial charge in [0.05, 0.1) is 13.2 Å². The van der Waals surface area contributed by atoms with Crippen molar-refractivity contribution in [1.29, 1.82) is 0 Å². The summed E-state index contributed by atoms with van der Waals surface area (Å²) in [6.45, 7) is 4.13. The minimum Gasteiger partial charge on any atom is -0.460 e. The Balaban J connectivity index is 2.97. The third-order valence-corrected chi connectivity index (χ3v) is 2.17. The highest BCUT2D eigenvalue weighted by molar-refractivity contribution is 6.40. The first-order valence-corrected chi connectivity index (χ1v) is 5.39. The van der Waals surface area contributed by atoms with E-state index in [2.05, 4.69) is 4.74 Å². The van der Waals surface area contributed by atoms with Crippen LogP contribution in [0.3, 0.4) is 0 Å². The smallest absolute Gasteiger partial charge is 0.379 e. The van der Waals surface area contributed by atoms with Crippen LogP contribution in [-0.4, -0.2) is 25.5 Å². The van der Waals surface area contributed by atoms with E-state index in [1.165, 1.54) is 0 Å². The van der Waals surface area contributed by atoms with Gasteiger partial charge in [-0.3, -0.25) is 4.79 Å². The van der Waals surface area contributed by atoms with Crippen LogP contribution in [0.15, 0.2) is 18.2 Å². The first-order valence-electron chi connectivity index (χ1n) is 5.39. The quantitative estimate of drug-likeness (QED) is 0.445. The van der Waals surface area contributed by atoms with Crippen molar-refractivity contribution >= 4 is 11.8 Å². The van der Waals surface area contributed by atoms with Crippen molar-refractivity contribution in [2.45, 2.75) is 20.5 Å². The second-order valence-electron chi connectivity index (χ2n) is 3.69. The Hall–Kier alpha value is -1.68. The first kappa shape index (κ1) is 13.4. The van der Waals surface area contributed by atoms with E-state index in [-0.39, 0.29) is 6.61 Å². The van der Waals surface area contributed by atoms with Crippen molar-refractivity contribution in [3.8, 4) is 0 Å². The van der Waals surface area contributed by atoms with E-state index in [0.29, 0.717) is 12.2 Å². The van der Waals surface area contributed by atoms with E-state index in [1.54, 1.807) is 26.2 Å². The Morgan fingerprint density at radius 2 is 1.94 bits per heavy atom. The van der Waals surface area contributed by atoms with Crippen LogP contribution in [0.2, 0.25) is 0 Å². The van der Waals surface area contributed by atoms with Crippen molar-refractivity contribution in [3.05, 3.63) is 34.9 Å². The van der Waals surface area contributed by atoms with Gasteiger partial charge in [-0.05, 0) is 31.5 Å². The summed E-state index contributed by atoms with van der Waals surface area (Å²) in [4.78, 5) is 23.0. The van der Waals surface area contributed by atoms with Crippen LogP contribution < -0.4 is 0 Å². The number of ether oxygens (including phenoxy) is 2. The molecule has 0 atom stereocenters. The average Bonchev–Trinajstić information content (AvgIpc) is 2.28. The van der Waals surface area contributed by atoms with E-state index in [4.69, 9.17) is 4.74 Å². The van der Waals surface area contributed by atoms with Gasteiger partial charge in [-0.25, -0.2) is 4.79 Å². The standard InChI is InChI=1S/C13H16O4/c1-4-17-13(15)12(14)11-6-9(2)5-10(7-11)8-16-3/h5-7H,4,8H2,1-3H3. The van der Waals surface area contributed by atoms with Gasteiger partial charge in [-0.1, -0.05) is 11.6 Å². The molecule has 0 radical (unpaired) electrons. The molecule has 0 N–H and O–H groups in total. The normalized spacial score (nSPS) is 10.1. The van der Waals surface area contributed by atoms with Gasteiger partial charge >= 0.3 is 5.97 Å². The fraction of sp³-hybridized carbons (Fsp3) is 0.385. The topological polar surface area (TPSA) is 52.6 Å². The lowest BCUT2D eigenvalue weighted by molar-refractivity contribution is -0.137. The molecule has 1 aromatic carbocycles. The maximum atomic E-state index is 11.7. The number of hydrogen-bond donors (Lipinski definition) is 0. The van der Waals surface area contributed by atoms with Crippen molar-refractivity contribution in [2.75, 3.05) is 13.7 Å². The molecule has 0 heterocycles. The van der Waals surface area contributed by atoms with Gasteiger partial charge < -0.3 is 9.47 Å². The van der Waals surface area contributed by atoms with Gasteiger partial charge in [0.2, 0.25) is 0 Å². The fourth-order valence-corrected chi connectivity index (χ4v) is 1.56.